The zero-order chi connectivity index (χ0) is 25.7. The Kier molecular flexibility index (Phi) is 8.04. The van der Waals surface area contributed by atoms with Crippen LogP contribution in [0.1, 0.15) is 47.7 Å². The van der Waals surface area contributed by atoms with Crippen LogP contribution in [0.5, 0.6) is 0 Å². The van der Waals surface area contributed by atoms with Crippen molar-refractivity contribution in [3.63, 3.8) is 0 Å². The van der Waals surface area contributed by atoms with E-state index in [1.807, 2.05) is 44.2 Å². The lowest BCUT2D eigenvalue weighted by Gasteiger charge is -2.32. The lowest BCUT2D eigenvalue weighted by atomic mass is 9.93. The van der Waals surface area contributed by atoms with E-state index in [1.165, 1.54) is 5.56 Å². The minimum atomic E-state index is -0.106. The number of amides is 1. The van der Waals surface area contributed by atoms with Crippen LogP contribution in [-0.4, -0.2) is 43.6 Å². The van der Waals surface area contributed by atoms with Crippen LogP contribution in [0.2, 0.25) is 0 Å². The largest absolute Gasteiger partial charge is 0.466 e. The second-order valence-electron chi connectivity index (χ2n) is 9.54. The zero-order valence-electron chi connectivity index (χ0n) is 21.7. The second kappa shape index (κ2) is 11.4. The maximum atomic E-state index is 13.6. The molecule has 6 heteroatoms. The van der Waals surface area contributed by atoms with Gasteiger partial charge in [0, 0.05) is 32.1 Å². The molecule has 1 aliphatic heterocycles. The molecular weight excluding hydrogens is 450 g/mol. The van der Waals surface area contributed by atoms with Crippen LogP contribution in [0.4, 0.5) is 11.5 Å². The van der Waals surface area contributed by atoms with Gasteiger partial charge in [0.25, 0.3) is 5.91 Å². The highest BCUT2D eigenvalue weighted by atomic mass is 16.5. The molecule has 0 saturated carbocycles. The number of carbonyl (C=O) groups excluding carboxylic acids is 2. The number of anilines is 2. The summed E-state index contributed by atoms with van der Waals surface area (Å²) < 4.78 is 5.09. The summed E-state index contributed by atoms with van der Waals surface area (Å²) in [6, 6.07) is 18.1. The lowest BCUT2D eigenvalue weighted by Crippen LogP contribution is -2.35. The molecule has 36 heavy (non-hydrogen) atoms. The van der Waals surface area contributed by atoms with Gasteiger partial charge in [0.1, 0.15) is 5.82 Å². The number of aromatic nitrogens is 1. The molecule has 0 atom stereocenters. The third-order valence-electron chi connectivity index (χ3n) is 6.97. The second-order valence-corrected chi connectivity index (χ2v) is 9.54. The summed E-state index contributed by atoms with van der Waals surface area (Å²) in [6.07, 6.45) is 4.13. The maximum absolute atomic E-state index is 13.6. The minimum absolute atomic E-state index is 0.0661. The fourth-order valence-electron chi connectivity index (χ4n) is 4.83. The van der Waals surface area contributed by atoms with E-state index in [1.54, 1.807) is 18.1 Å². The van der Waals surface area contributed by atoms with Gasteiger partial charge in [0.2, 0.25) is 0 Å². The molecule has 1 amide bonds. The van der Waals surface area contributed by atoms with Crippen molar-refractivity contribution in [2.45, 2.75) is 40.0 Å². The van der Waals surface area contributed by atoms with Gasteiger partial charge in [-0.15, -0.1) is 0 Å². The number of ether oxygens (including phenoxy) is 1. The molecule has 0 bridgehead atoms. The molecule has 6 nitrogen and oxygen atoms in total. The zero-order valence-corrected chi connectivity index (χ0v) is 21.7. The van der Waals surface area contributed by atoms with Crippen LogP contribution in [0, 0.1) is 19.8 Å². The maximum Gasteiger partial charge on any atom is 0.306 e. The number of hydrogen-bond acceptors (Lipinski definition) is 5. The third-order valence-corrected chi connectivity index (χ3v) is 6.97. The molecule has 2 aromatic carbocycles. The third kappa shape index (κ3) is 5.76. The molecule has 0 unspecified atom stereocenters. The van der Waals surface area contributed by atoms with Crippen molar-refractivity contribution in [1.29, 1.82) is 0 Å². The van der Waals surface area contributed by atoms with Crippen LogP contribution < -0.4 is 9.80 Å². The van der Waals surface area contributed by atoms with Crippen LogP contribution >= 0.6 is 0 Å². The Morgan fingerprint density at radius 3 is 2.39 bits per heavy atom. The Labute approximate surface area is 213 Å². The van der Waals surface area contributed by atoms with E-state index in [0.29, 0.717) is 24.5 Å². The van der Waals surface area contributed by atoms with Gasteiger partial charge in [0.15, 0.2) is 0 Å². The summed E-state index contributed by atoms with van der Waals surface area (Å²) in [7, 11) is 1.79. The summed E-state index contributed by atoms with van der Waals surface area (Å²) in [4.78, 5) is 33.9. The number of rotatable bonds is 7. The SMILES string of the molecule is CCOC(=O)CC1CCN(c2ccc(N(C)C(=O)c3cccc(C)c3-c3ccc(C)cc3)cn2)CC1. The highest BCUT2D eigenvalue weighted by molar-refractivity contribution is 6.10. The summed E-state index contributed by atoms with van der Waals surface area (Å²) in [5.74, 6) is 1.08. The van der Waals surface area contributed by atoms with Gasteiger partial charge in [0.05, 0.1) is 18.5 Å². The van der Waals surface area contributed by atoms with Crippen molar-refractivity contribution in [3.05, 3.63) is 77.5 Å². The minimum Gasteiger partial charge on any atom is -0.466 e. The van der Waals surface area contributed by atoms with Crippen molar-refractivity contribution >= 4 is 23.4 Å². The van der Waals surface area contributed by atoms with Crippen molar-refractivity contribution < 1.29 is 14.3 Å². The molecule has 3 aromatic rings. The molecule has 0 radical (unpaired) electrons. The topological polar surface area (TPSA) is 62.7 Å². The monoisotopic (exact) mass is 485 g/mol. The Hall–Kier alpha value is -3.67. The first-order chi connectivity index (χ1) is 17.4. The fraction of sp³-hybridized carbons (Fsp3) is 0.367. The molecule has 188 valence electrons. The van der Waals surface area contributed by atoms with Crippen LogP contribution in [0.25, 0.3) is 11.1 Å². The number of carbonyl (C=O) groups is 2. The first kappa shape index (κ1) is 25.4. The summed E-state index contributed by atoms with van der Waals surface area (Å²) in [6.45, 7) is 8.08. The van der Waals surface area contributed by atoms with E-state index in [-0.39, 0.29) is 11.9 Å². The van der Waals surface area contributed by atoms with E-state index in [9.17, 15) is 9.59 Å². The van der Waals surface area contributed by atoms with E-state index >= 15 is 0 Å². The van der Waals surface area contributed by atoms with E-state index in [2.05, 4.69) is 41.1 Å². The number of benzene rings is 2. The van der Waals surface area contributed by atoms with Crippen LogP contribution in [0.15, 0.2) is 60.8 Å². The van der Waals surface area contributed by atoms with Crippen molar-refractivity contribution in [2.24, 2.45) is 5.92 Å². The number of nitrogens with zero attached hydrogens (tertiary/aromatic N) is 3. The number of aryl methyl sites for hydroxylation is 2. The molecule has 2 heterocycles. The number of pyridine rings is 1. The van der Waals surface area contributed by atoms with Gasteiger partial charge in [-0.25, -0.2) is 4.98 Å². The summed E-state index contributed by atoms with van der Waals surface area (Å²) in [5.41, 5.74) is 5.68. The first-order valence-corrected chi connectivity index (χ1v) is 12.7. The van der Waals surface area contributed by atoms with Crippen LogP contribution in [0.3, 0.4) is 0 Å². The molecular formula is C30H35N3O3. The van der Waals surface area contributed by atoms with Crippen molar-refractivity contribution in [2.75, 3.05) is 36.5 Å². The fourth-order valence-corrected chi connectivity index (χ4v) is 4.83. The standard InChI is InChI=1S/C30H35N3O3/c1-5-36-28(34)19-23-15-17-33(18-16-23)27-14-13-25(20-31-27)32(4)30(35)26-8-6-7-22(3)29(26)24-11-9-21(2)10-12-24/h6-14,20,23H,5,15-19H2,1-4H3. The molecule has 4 rings (SSSR count). The average Bonchev–Trinajstić information content (AvgIpc) is 2.89. The van der Waals surface area contributed by atoms with Gasteiger partial charge >= 0.3 is 5.97 Å². The molecule has 1 aliphatic rings. The Bertz CT molecular complexity index is 1200. The normalized spacial score (nSPS) is 13.9. The number of piperidine rings is 1. The van der Waals surface area contributed by atoms with Gasteiger partial charge < -0.3 is 14.5 Å². The molecule has 0 N–H and O–H groups in total. The molecule has 1 saturated heterocycles. The van der Waals surface area contributed by atoms with Gasteiger partial charge in [-0.3, -0.25) is 9.59 Å². The highest BCUT2D eigenvalue weighted by Crippen LogP contribution is 2.30. The molecule has 1 fully saturated rings. The lowest BCUT2D eigenvalue weighted by molar-refractivity contribution is -0.144. The molecule has 0 spiro atoms. The number of hydrogen-bond donors (Lipinski definition) is 0. The summed E-state index contributed by atoms with van der Waals surface area (Å²) in [5, 5.41) is 0. The van der Waals surface area contributed by atoms with E-state index < -0.39 is 0 Å². The average molecular weight is 486 g/mol. The Morgan fingerprint density at radius 2 is 1.75 bits per heavy atom. The van der Waals surface area contributed by atoms with Gasteiger partial charge in [-0.2, -0.15) is 0 Å². The summed E-state index contributed by atoms with van der Waals surface area (Å²) >= 11 is 0. The van der Waals surface area contributed by atoms with E-state index in [0.717, 1.165) is 54.1 Å². The Morgan fingerprint density at radius 1 is 1.03 bits per heavy atom. The van der Waals surface area contributed by atoms with Crippen LogP contribution in [-0.2, 0) is 9.53 Å². The molecule has 0 aliphatic carbocycles. The Balaban J connectivity index is 1.45. The smallest absolute Gasteiger partial charge is 0.306 e. The van der Waals surface area contributed by atoms with E-state index in [4.69, 9.17) is 4.74 Å². The number of esters is 1. The van der Waals surface area contributed by atoms with Crippen molar-refractivity contribution in [1.82, 2.24) is 4.98 Å². The highest BCUT2D eigenvalue weighted by Gasteiger charge is 2.24. The predicted octanol–water partition coefficient (Wildman–Crippen LogP) is 5.81. The van der Waals surface area contributed by atoms with Gasteiger partial charge in [-0.1, -0.05) is 42.0 Å². The molecule has 1 aromatic heterocycles. The first-order valence-electron chi connectivity index (χ1n) is 12.7. The quantitative estimate of drug-likeness (QED) is 0.395. The van der Waals surface area contributed by atoms with Crippen molar-refractivity contribution in [3.8, 4) is 11.1 Å². The predicted molar refractivity (Wildman–Crippen MR) is 145 cm³/mol. The van der Waals surface area contributed by atoms with Gasteiger partial charge in [-0.05, 0) is 74.4 Å².